The summed E-state index contributed by atoms with van der Waals surface area (Å²) in [4.78, 5) is 33.1. The summed E-state index contributed by atoms with van der Waals surface area (Å²) < 4.78 is 59.0. The van der Waals surface area contributed by atoms with Crippen LogP contribution in [0.3, 0.4) is 0 Å². The van der Waals surface area contributed by atoms with Gasteiger partial charge in [0.15, 0.2) is 11.4 Å². The fourth-order valence-corrected chi connectivity index (χ4v) is 8.49. The summed E-state index contributed by atoms with van der Waals surface area (Å²) in [6.07, 6.45) is 7.31. The van der Waals surface area contributed by atoms with Crippen LogP contribution in [-0.4, -0.2) is 50.3 Å². The molecule has 4 saturated carbocycles. The number of aromatic nitrogens is 2. The lowest BCUT2D eigenvalue weighted by Crippen LogP contribution is -2.60. The van der Waals surface area contributed by atoms with Crippen LogP contribution in [0.1, 0.15) is 61.7 Å². The van der Waals surface area contributed by atoms with Gasteiger partial charge in [0.2, 0.25) is 11.2 Å². The smallest absolute Gasteiger partial charge is 0.317 e. The molecule has 222 valence electrons. The zero-order valence-electron chi connectivity index (χ0n) is 22.8. The van der Waals surface area contributed by atoms with Gasteiger partial charge in [-0.15, -0.1) is 0 Å². The van der Waals surface area contributed by atoms with Gasteiger partial charge in [-0.3, -0.25) is 14.2 Å². The third-order valence-electron chi connectivity index (χ3n) is 10.0. The predicted octanol–water partition coefficient (Wildman–Crippen LogP) is 4.98. The fraction of sp³-hybridized carbons (Fsp3) is 0.516. The number of carbonyl (C=O) groups excluding carboxylic acids is 1. The van der Waals surface area contributed by atoms with E-state index in [0.29, 0.717) is 23.8 Å². The van der Waals surface area contributed by atoms with Crippen LogP contribution in [0.5, 0.6) is 0 Å². The molecular weight excluding hydrogens is 554 g/mol. The van der Waals surface area contributed by atoms with Crippen molar-refractivity contribution in [3.05, 3.63) is 63.9 Å². The zero-order valence-corrected chi connectivity index (χ0v) is 22.8. The predicted molar refractivity (Wildman–Crippen MR) is 146 cm³/mol. The van der Waals surface area contributed by atoms with E-state index in [2.05, 4.69) is 4.98 Å². The summed E-state index contributed by atoms with van der Waals surface area (Å²) in [5.41, 5.74) is -1.11. The molecule has 1 aliphatic heterocycles. The molecule has 4 aliphatic carbocycles. The lowest BCUT2D eigenvalue weighted by atomic mass is 9.48. The maximum Gasteiger partial charge on any atom is 0.317 e. The Morgan fingerprint density at radius 3 is 2.29 bits per heavy atom. The average molecular weight is 586 g/mol. The number of aliphatic hydroxyl groups is 2. The molecule has 0 atom stereocenters. The van der Waals surface area contributed by atoms with Crippen molar-refractivity contribution in [2.45, 2.75) is 63.1 Å². The molecule has 0 radical (unpaired) electrons. The van der Waals surface area contributed by atoms with Gasteiger partial charge < -0.3 is 15.1 Å². The van der Waals surface area contributed by atoms with Crippen molar-refractivity contribution in [3.63, 3.8) is 0 Å². The number of anilines is 1. The van der Waals surface area contributed by atoms with Crippen molar-refractivity contribution in [1.29, 1.82) is 0 Å². The normalized spacial score (nSPS) is 29.3. The van der Waals surface area contributed by atoms with Gasteiger partial charge in [0.05, 0.1) is 23.2 Å². The molecule has 2 N–H and O–H groups in total. The summed E-state index contributed by atoms with van der Waals surface area (Å²) in [6.45, 7) is -1.22. The van der Waals surface area contributed by atoms with E-state index in [-0.39, 0.29) is 52.3 Å². The molecule has 3 aromatic rings. The molecule has 0 unspecified atom stereocenters. The van der Waals surface area contributed by atoms with Crippen LogP contribution >= 0.6 is 0 Å². The van der Waals surface area contributed by atoms with E-state index in [1.54, 1.807) is 0 Å². The molecule has 42 heavy (non-hydrogen) atoms. The van der Waals surface area contributed by atoms with Crippen molar-refractivity contribution in [2.75, 3.05) is 18.0 Å². The van der Waals surface area contributed by atoms with Crippen LogP contribution in [0.15, 0.2) is 41.3 Å². The second-order valence-corrected chi connectivity index (χ2v) is 13.1. The Bertz CT molecular complexity index is 1630. The standard InChI is InChI=1S/C31H31F4N3O4/c32-20-1-3-24(23(33)10-20)38-15-22(25(39)14-29-11-17-7-18(12-29)9-19(8-17)13-29)27(40)21-2-4-26(36-28(21)38)37-6-5-31(41,42)30(34,35)16-37/h1-4,10,15,17-19,41-42H,5-9,11-14,16H2. The van der Waals surface area contributed by atoms with Gasteiger partial charge in [-0.2, -0.15) is 8.78 Å². The number of nitrogens with zero attached hydrogens (tertiary/aromatic N) is 3. The second-order valence-electron chi connectivity index (χ2n) is 13.1. The molecule has 0 amide bonds. The summed E-state index contributed by atoms with van der Waals surface area (Å²) in [7, 11) is 0. The van der Waals surface area contributed by atoms with E-state index in [9.17, 15) is 33.0 Å². The van der Waals surface area contributed by atoms with E-state index < -0.39 is 41.7 Å². The zero-order chi connectivity index (χ0) is 29.6. The number of fused-ring (bicyclic) bond motifs is 1. The Balaban J connectivity index is 1.32. The number of carbonyl (C=O) groups is 1. The van der Waals surface area contributed by atoms with Crippen LogP contribution in [0, 0.1) is 34.8 Å². The molecule has 2 aromatic heterocycles. The van der Waals surface area contributed by atoms with Gasteiger partial charge >= 0.3 is 5.92 Å². The minimum absolute atomic E-state index is 0.000915. The van der Waals surface area contributed by atoms with E-state index >= 15 is 4.39 Å². The van der Waals surface area contributed by atoms with E-state index in [0.717, 1.165) is 36.3 Å². The van der Waals surface area contributed by atoms with E-state index in [4.69, 9.17) is 0 Å². The maximum absolute atomic E-state index is 15.1. The third-order valence-corrected chi connectivity index (χ3v) is 10.0. The number of alkyl halides is 2. The molecule has 4 bridgehead atoms. The average Bonchev–Trinajstić information content (AvgIpc) is 2.89. The van der Waals surface area contributed by atoms with Crippen LogP contribution in [-0.2, 0) is 0 Å². The van der Waals surface area contributed by atoms with Crippen LogP contribution < -0.4 is 10.3 Å². The number of rotatable bonds is 5. The summed E-state index contributed by atoms with van der Waals surface area (Å²) in [5.74, 6) is -7.32. The highest BCUT2D eigenvalue weighted by atomic mass is 19.3. The Hall–Kier alpha value is -3.31. The Morgan fingerprint density at radius 2 is 1.67 bits per heavy atom. The molecule has 7 nitrogen and oxygen atoms in total. The van der Waals surface area contributed by atoms with Gasteiger partial charge in [-0.05, 0) is 86.0 Å². The monoisotopic (exact) mass is 585 g/mol. The van der Waals surface area contributed by atoms with E-state index in [1.165, 1.54) is 42.2 Å². The highest BCUT2D eigenvalue weighted by molar-refractivity contribution is 5.99. The molecule has 8 rings (SSSR count). The van der Waals surface area contributed by atoms with Gasteiger partial charge in [0.1, 0.15) is 17.5 Å². The molecule has 1 saturated heterocycles. The molecule has 1 aromatic carbocycles. The summed E-state index contributed by atoms with van der Waals surface area (Å²) in [6, 6.07) is 5.58. The van der Waals surface area contributed by atoms with Crippen molar-refractivity contribution in [3.8, 4) is 5.69 Å². The second kappa shape index (κ2) is 9.34. The van der Waals surface area contributed by atoms with Gasteiger partial charge in [0.25, 0.3) is 0 Å². The van der Waals surface area contributed by atoms with Crippen molar-refractivity contribution in [2.24, 2.45) is 23.2 Å². The Kier molecular flexibility index (Phi) is 6.12. The lowest BCUT2D eigenvalue weighted by molar-refractivity contribution is -0.300. The first-order valence-corrected chi connectivity index (χ1v) is 14.5. The first kappa shape index (κ1) is 27.5. The van der Waals surface area contributed by atoms with Crippen molar-refractivity contribution >= 4 is 22.6 Å². The number of benzene rings is 1. The number of hydrogen-bond donors (Lipinski definition) is 2. The van der Waals surface area contributed by atoms with Crippen molar-refractivity contribution in [1.82, 2.24) is 9.55 Å². The first-order valence-electron chi connectivity index (χ1n) is 14.5. The van der Waals surface area contributed by atoms with Gasteiger partial charge in [-0.1, -0.05) is 0 Å². The van der Waals surface area contributed by atoms with Crippen LogP contribution in [0.2, 0.25) is 0 Å². The largest absolute Gasteiger partial charge is 0.361 e. The first-order chi connectivity index (χ1) is 19.8. The number of halogens is 4. The number of piperidine rings is 1. The maximum atomic E-state index is 15.1. The molecule has 3 heterocycles. The highest BCUT2D eigenvalue weighted by Gasteiger charge is 2.56. The lowest BCUT2D eigenvalue weighted by Gasteiger charge is -2.56. The van der Waals surface area contributed by atoms with Gasteiger partial charge in [0, 0.05) is 31.6 Å². The Labute approximate surface area is 238 Å². The summed E-state index contributed by atoms with van der Waals surface area (Å²) >= 11 is 0. The molecule has 11 heteroatoms. The minimum atomic E-state index is -3.86. The molecular formula is C31H31F4N3O4. The van der Waals surface area contributed by atoms with Crippen LogP contribution in [0.4, 0.5) is 23.4 Å². The topological polar surface area (TPSA) is 95.7 Å². The number of ketones is 1. The highest BCUT2D eigenvalue weighted by Crippen LogP contribution is 2.61. The molecule has 0 spiro atoms. The minimum Gasteiger partial charge on any atom is -0.361 e. The Morgan fingerprint density at radius 1 is 1.00 bits per heavy atom. The molecule has 5 fully saturated rings. The fourth-order valence-electron chi connectivity index (χ4n) is 8.49. The van der Waals surface area contributed by atoms with Gasteiger partial charge in [-0.25, -0.2) is 13.8 Å². The number of hydrogen-bond acceptors (Lipinski definition) is 6. The van der Waals surface area contributed by atoms with E-state index in [1.807, 2.05) is 0 Å². The third kappa shape index (κ3) is 4.43. The van der Waals surface area contributed by atoms with Crippen molar-refractivity contribution < 1.29 is 32.6 Å². The quantitative estimate of drug-likeness (QED) is 0.249. The summed E-state index contributed by atoms with van der Waals surface area (Å²) in [5, 5.41) is 19.4. The number of pyridine rings is 2. The molecule has 5 aliphatic rings. The SMILES string of the molecule is O=C(CC12CC3CC(CC(C3)C1)C2)c1cn(-c2ccc(F)cc2F)c2nc(N3CCC(O)(O)C(F)(F)C3)ccc2c1=O. The number of Topliss-reactive ketones (excluding diaryl/α,β-unsaturated/α-hetero) is 1. The van der Waals surface area contributed by atoms with Crippen LogP contribution in [0.25, 0.3) is 16.7 Å².